The molecule has 0 radical (unpaired) electrons. The van der Waals surface area contributed by atoms with Crippen molar-refractivity contribution >= 4 is 0 Å². The van der Waals surface area contributed by atoms with Crippen LogP contribution in [0.15, 0.2) is 61.1 Å². The van der Waals surface area contributed by atoms with Crippen LogP contribution in [-0.2, 0) is 7.05 Å². The monoisotopic (exact) mass is 370 g/mol. The van der Waals surface area contributed by atoms with Gasteiger partial charge in [0.15, 0.2) is 0 Å². The van der Waals surface area contributed by atoms with E-state index in [2.05, 4.69) is 45.5 Å². The molecule has 3 heterocycles. The number of nitrogens with zero attached hydrogens (tertiary/aromatic N) is 6. The Kier molecular flexibility index (Phi) is 4.04. The average Bonchev–Trinajstić information content (AvgIpc) is 3.27. The first-order valence-electron chi connectivity index (χ1n) is 9.63. The summed E-state index contributed by atoms with van der Waals surface area (Å²) in [6.07, 6.45) is 8.34. The van der Waals surface area contributed by atoms with Crippen molar-refractivity contribution in [3.63, 3.8) is 0 Å². The molecule has 1 aromatic carbocycles. The third-order valence-corrected chi connectivity index (χ3v) is 5.26. The van der Waals surface area contributed by atoms with Crippen molar-refractivity contribution < 1.29 is 0 Å². The summed E-state index contributed by atoms with van der Waals surface area (Å²) in [6, 6.07) is 14.5. The highest BCUT2D eigenvalue weighted by Crippen LogP contribution is 2.43. The Bertz CT molecular complexity index is 1110. The molecule has 1 atom stereocenters. The molecular weight excluding hydrogens is 348 g/mol. The van der Waals surface area contributed by atoms with Crippen LogP contribution in [0.2, 0.25) is 0 Å². The van der Waals surface area contributed by atoms with Gasteiger partial charge in [0.05, 0.1) is 17.9 Å². The van der Waals surface area contributed by atoms with Crippen molar-refractivity contribution in [1.82, 2.24) is 29.8 Å². The topological polar surface area (TPSA) is 61.4 Å². The molecular formula is C22H22N6. The van der Waals surface area contributed by atoms with E-state index in [4.69, 9.17) is 0 Å². The summed E-state index contributed by atoms with van der Waals surface area (Å²) in [5.41, 5.74) is 6.11. The fourth-order valence-corrected chi connectivity index (χ4v) is 3.75. The summed E-state index contributed by atoms with van der Waals surface area (Å²) in [5.74, 6) is 0.575. The molecule has 0 amide bonds. The number of aryl methyl sites for hydroxylation is 2. The van der Waals surface area contributed by atoms with E-state index in [0.29, 0.717) is 5.92 Å². The second kappa shape index (κ2) is 6.71. The molecule has 5 rings (SSSR count). The summed E-state index contributed by atoms with van der Waals surface area (Å²) in [4.78, 5) is 4.62. The molecule has 0 saturated heterocycles. The van der Waals surface area contributed by atoms with Crippen molar-refractivity contribution in [3.8, 4) is 22.5 Å². The first-order valence-corrected chi connectivity index (χ1v) is 9.63. The Balaban J connectivity index is 1.55. The molecule has 140 valence electrons. The van der Waals surface area contributed by atoms with Crippen LogP contribution in [0.5, 0.6) is 0 Å². The van der Waals surface area contributed by atoms with Crippen LogP contribution in [-0.4, -0.2) is 29.8 Å². The molecule has 4 aromatic rings. The van der Waals surface area contributed by atoms with Gasteiger partial charge in [-0.05, 0) is 43.4 Å². The van der Waals surface area contributed by atoms with E-state index < -0.39 is 0 Å². The highest BCUT2D eigenvalue weighted by atomic mass is 15.4. The number of hydrogen-bond donors (Lipinski definition) is 0. The fourth-order valence-electron chi connectivity index (χ4n) is 3.75. The first-order chi connectivity index (χ1) is 13.7. The Morgan fingerprint density at radius 3 is 2.64 bits per heavy atom. The molecule has 6 heteroatoms. The lowest BCUT2D eigenvalue weighted by Crippen LogP contribution is -2.15. The predicted octanol–water partition coefficient (Wildman–Crippen LogP) is 4.05. The van der Waals surface area contributed by atoms with Crippen LogP contribution >= 0.6 is 0 Å². The quantitative estimate of drug-likeness (QED) is 0.532. The second-order valence-electron chi connectivity index (χ2n) is 7.56. The highest BCUT2D eigenvalue weighted by Gasteiger charge is 2.35. The number of pyridine rings is 1. The van der Waals surface area contributed by atoms with Gasteiger partial charge in [-0.25, -0.2) is 4.68 Å². The summed E-state index contributed by atoms with van der Waals surface area (Å²) in [5, 5.41) is 13.6. The lowest BCUT2D eigenvalue weighted by molar-refractivity contribution is 0.448. The largest absolute Gasteiger partial charge is 0.274 e. The zero-order chi connectivity index (χ0) is 19.1. The van der Waals surface area contributed by atoms with Crippen LogP contribution in [0.25, 0.3) is 22.5 Å². The van der Waals surface area contributed by atoms with Gasteiger partial charge in [0.2, 0.25) is 0 Å². The molecule has 1 unspecified atom stereocenters. The van der Waals surface area contributed by atoms with E-state index in [1.165, 1.54) is 18.4 Å². The van der Waals surface area contributed by atoms with Crippen molar-refractivity contribution in [2.24, 2.45) is 13.0 Å². The van der Waals surface area contributed by atoms with Crippen LogP contribution < -0.4 is 0 Å². The van der Waals surface area contributed by atoms with E-state index in [1.807, 2.05) is 59.3 Å². The molecule has 1 aliphatic carbocycles. The van der Waals surface area contributed by atoms with Crippen molar-refractivity contribution in [3.05, 3.63) is 72.3 Å². The van der Waals surface area contributed by atoms with Gasteiger partial charge in [-0.1, -0.05) is 35.5 Å². The van der Waals surface area contributed by atoms with Crippen LogP contribution in [0, 0.1) is 12.8 Å². The number of benzene rings is 1. The second-order valence-corrected chi connectivity index (χ2v) is 7.56. The zero-order valence-electron chi connectivity index (χ0n) is 16.0. The molecule has 6 nitrogen and oxygen atoms in total. The first kappa shape index (κ1) is 16.9. The van der Waals surface area contributed by atoms with E-state index in [1.54, 1.807) is 0 Å². The normalized spacial score (nSPS) is 14.9. The molecule has 0 aliphatic heterocycles. The highest BCUT2D eigenvalue weighted by molar-refractivity contribution is 5.78. The summed E-state index contributed by atoms with van der Waals surface area (Å²) in [7, 11) is 1.93. The maximum Gasteiger partial charge on any atom is 0.116 e. The van der Waals surface area contributed by atoms with Crippen LogP contribution in [0.4, 0.5) is 0 Å². The molecule has 1 saturated carbocycles. The minimum atomic E-state index is 0.137. The molecule has 0 N–H and O–H groups in total. The minimum absolute atomic E-state index is 0.137. The van der Waals surface area contributed by atoms with Crippen molar-refractivity contribution in [2.75, 3.05) is 0 Å². The third kappa shape index (κ3) is 3.11. The van der Waals surface area contributed by atoms with Gasteiger partial charge in [-0.3, -0.25) is 9.67 Å². The van der Waals surface area contributed by atoms with Crippen LogP contribution in [0.1, 0.15) is 30.1 Å². The number of rotatable bonds is 5. The molecule has 1 aliphatic rings. The summed E-state index contributed by atoms with van der Waals surface area (Å²) >= 11 is 0. The van der Waals surface area contributed by atoms with Gasteiger partial charge in [0.1, 0.15) is 11.4 Å². The van der Waals surface area contributed by atoms with E-state index in [0.717, 1.165) is 28.2 Å². The van der Waals surface area contributed by atoms with Gasteiger partial charge in [-0.2, -0.15) is 5.10 Å². The van der Waals surface area contributed by atoms with E-state index in [-0.39, 0.29) is 6.04 Å². The maximum atomic E-state index is 4.66. The zero-order valence-corrected chi connectivity index (χ0v) is 16.0. The predicted molar refractivity (Wildman–Crippen MR) is 107 cm³/mol. The van der Waals surface area contributed by atoms with Gasteiger partial charge >= 0.3 is 0 Å². The van der Waals surface area contributed by atoms with Gasteiger partial charge < -0.3 is 0 Å². The number of aromatic nitrogens is 6. The van der Waals surface area contributed by atoms with Gasteiger partial charge in [-0.15, -0.1) is 5.10 Å². The standard InChI is InChI=1S/C22H22N6/c1-15-10-11-23-19(12-15)22(17-8-9-17)28-14-20(24-26-28)18-13-27(2)25-21(18)16-6-4-3-5-7-16/h3-7,10-14,17,22H,8-9H2,1-2H3. The third-order valence-electron chi connectivity index (χ3n) is 5.26. The SMILES string of the molecule is Cc1ccnc(C(C2CC2)n2cc(-c3cn(C)nc3-c3ccccc3)nn2)c1. The Labute approximate surface area is 163 Å². The summed E-state index contributed by atoms with van der Waals surface area (Å²) < 4.78 is 3.81. The molecule has 1 fully saturated rings. The Morgan fingerprint density at radius 1 is 1.07 bits per heavy atom. The van der Waals surface area contributed by atoms with E-state index >= 15 is 0 Å². The Hall–Kier alpha value is -3.28. The number of hydrogen-bond acceptors (Lipinski definition) is 4. The lowest BCUT2D eigenvalue weighted by Gasteiger charge is -2.16. The van der Waals surface area contributed by atoms with Gasteiger partial charge in [0, 0.05) is 30.6 Å². The van der Waals surface area contributed by atoms with Gasteiger partial charge in [0.25, 0.3) is 0 Å². The molecule has 28 heavy (non-hydrogen) atoms. The fraction of sp³-hybridized carbons (Fsp3) is 0.273. The minimum Gasteiger partial charge on any atom is -0.274 e. The lowest BCUT2D eigenvalue weighted by atomic mass is 10.1. The van der Waals surface area contributed by atoms with Crippen LogP contribution in [0.3, 0.4) is 0 Å². The summed E-state index contributed by atoms with van der Waals surface area (Å²) in [6.45, 7) is 2.10. The smallest absolute Gasteiger partial charge is 0.116 e. The van der Waals surface area contributed by atoms with Crippen molar-refractivity contribution in [2.45, 2.75) is 25.8 Å². The Morgan fingerprint density at radius 2 is 1.89 bits per heavy atom. The molecule has 0 spiro atoms. The molecule has 0 bridgehead atoms. The molecule has 3 aromatic heterocycles. The van der Waals surface area contributed by atoms with E-state index in [9.17, 15) is 0 Å². The van der Waals surface area contributed by atoms with Crippen molar-refractivity contribution in [1.29, 1.82) is 0 Å². The maximum absolute atomic E-state index is 4.66. The average molecular weight is 370 g/mol.